The van der Waals surface area contributed by atoms with Gasteiger partial charge in [-0.25, -0.2) is 0 Å². The highest BCUT2D eigenvalue weighted by molar-refractivity contribution is 5.94. The van der Waals surface area contributed by atoms with Gasteiger partial charge in [-0.2, -0.15) is 0 Å². The van der Waals surface area contributed by atoms with Crippen LogP contribution in [0.3, 0.4) is 0 Å². The molecule has 0 bridgehead atoms. The van der Waals surface area contributed by atoms with Crippen LogP contribution in [0.1, 0.15) is 61.9 Å². The van der Waals surface area contributed by atoms with Crippen LogP contribution in [0.5, 0.6) is 0 Å². The van der Waals surface area contributed by atoms with Gasteiger partial charge in [-0.05, 0) is 30.5 Å². The predicted octanol–water partition coefficient (Wildman–Crippen LogP) is 3.07. The summed E-state index contributed by atoms with van der Waals surface area (Å²) in [5, 5.41) is 12.4. The Morgan fingerprint density at radius 2 is 1.70 bits per heavy atom. The van der Waals surface area contributed by atoms with Gasteiger partial charge in [0.05, 0.1) is 5.41 Å². The van der Waals surface area contributed by atoms with Crippen molar-refractivity contribution in [2.75, 3.05) is 13.6 Å². The summed E-state index contributed by atoms with van der Waals surface area (Å²) >= 11 is 0. The molecule has 0 unspecified atom stereocenters. The van der Waals surface area contributed by atoms with E-state index in [1.165, 1.54) is 0 Å². The van der Waals surface area contributed by atoms with Gasteiger partial charge in [-0.3, -0.25) is 14.4 Å². The van der Waals surface area contributed by atoms with Crippen LogP contribution in [-0.2, 0) is 16.1 Å². The van der Waals surface area contributed by atoms with E-state index in [0.29, 0.717) is 24.9 Å². The third-order valence-electron chi connectivity index (χ3n) is 5.36. The van der Waals surface area contributed by atoms with Crippen LogP contribution >= 0.6 is 0 Å². The molecule has 0 radical (unpaired) electrons. The van der Waals surface area contributed by atoms with E-state index in [0.717, 1.165) is 24.8 Å². The van der Waals surface area contributed by atoms with Gasteiger partial charge in [0.1, 0.15) is 0 Å². The Bertz CT molecular complexity index is 676. The first kappa shape index (κ1) is 20.9. The lowest BCUT2D eigenvalue weighted by molar-refractivity contribution is -0.150. The Kier molecular flexibility index (Phi) is 6.99. The highest BCUT2D eigenvalue weighted by Crippen LogP contribution is 2.36. The normalized spacial score (nSPS) is 16.0. The highest BCUT2D eigenvalue weighted by atomic mass is 16.4. The summed E-state index contributed by atoms with van der Waals surface area (Å²) in [6.07, 6.45) is 4.05. The van der Waals surface area contributed by atoms with Crippen LogP contribution in [0.25, 0.3) is 0 Å². The summed E-state index contributed by atoms with van der Waals surface area (Å²) in [5.74, 6) is -1.07. The second kappa shape index (κ2) is 9.02. The molecule has 0 saturated heterocycles. The van der Waals surface area contributed by atoms with Crippen molar-refractivity contribution in [1.29, 1.82) is 0 Å². The maximum absolute atomic E-state index is 12.4. The van der Waals surface area contributed by atoms with Crippen molar-refractivity contribution in [2.24, 2.45) is 11.3 Å². The lowest BCUT2D eigenvalue weighted by atomic mass is 9.74. The molecule has 0 aliphatic heterocycles. The van der Waals surface area contributed by atoms with Gasteiger partial charge in [0.15, 0.2) is 0 Å². The third kappa shape index (κ3) is 5.31. The molecule has 1 aromatic carbocycles. The van der Waals surface area contributed by atoms with E-state index in [2.05, 4.69) is 5.32 Å². The fourth-order valence-electron chi connectivity index (χ4n) is 3.60. The molecule has 1 fully saturated rings. The summed E-state index contributed by atoms with van der Waals surface area (Å²) in [6.45, 7) is 4.38. The maximum atomic E-state index is 12.4. The topological polar surface area (TPSA) is 86.7 Å². The molecular formula is C21H30N2O4. The zero-order valence-electron chi connectivity index (χ0n) is 16.5. The molecule has 27 heavy (non-hydrogen) atoms. The molecular weight excluding hydrogens is 344 g/mol. The fraction of sp³-hybridized carbons (Fsp3) is 0.571. The lowest BCUT2D eigenvalue weighted by Gasteiger charge is -2.33. The maximum Gasteiger partial charge on any atom is 0.311 e. The first-order valence-electron chi connectivity index (χ1n) is 9.61. The molecule has 1 aliphatic carbocycles. The van der Waals surface area contributed by atoms with E-state index in [1.807, 2.05) is 26.0 Å². The Hall–Kier alpha value is -2.37. The van der Waals surface area contributed by atoms with Crippen molar-refractivity contribution in [2.45, 2.75) is 52.5 Å². The number of hydrogen-bond donors (Lipinski definition) is 2. The molecule has 148 valence electrons. The molecule has 2 amide bonds. The standard InChI is InChI=1S/C21H30N2O4/c1-15(2)19(25)23(3)13-16-7-9-17(10-8-16)18(24)22-14-21(20(26)27)11-5-4-6-12-21/h7-10,15H,4-6,11-14H2,1-3H3,(H,22,24)(H,26,27). The largest absolute Gasteiger partial charge is 0.481 e. The first-order valence-corrected chi connectivity index (χ1v) is 9.61. The van der Waals surface area contributed by atoms with Crippen LogP contribution in [0, 0.1) is 11.3 Å². The van der Waals surface area contributed by atoms with Gasteiger partial charge in [0.25, 0.3) is 5.91 Å². The lowest BCUT2D eigenvalue weighted by Crippen LogP contribution is -2.44. The van der Waals surface area contributed by atoms with E-state index in [4.69, 9.17) is 0 Å². The molecule has 2 rings (SSSR count). The van der Waals surface area contributed by atoms with Crippen LogP contribution in [-0.4, -0.2) is 41.4 Å². The van der Waals surface area contributed by atoms with Crippen LogP contribution in [0.4, 0.5) is 0 Å². The van der Waals surface area contributed by atoms with E-state index in [9.17, 15) is 19.5 Å². The van der Waals surface area contributed by atoms with Crippen LogP contribution in [0.15, 0.2) is 24.3 Å². The van der Waals surface area contributed by atoms with Crippen molar-refractivity contribution < 1.29 is 19.5 Å². The quantitative estimate of drug-likeness (QED) is 0.768. The summed E-state index contributed by atoms with van der Waals surface area (Å²) in [7, 11) is 1.76. The summed E-state index contributed by atoms with van der Waals surface area (Å²) in [4.78, 5) is 37.7. The second-order valence-corrected chi connectivity index (χ2v) is 7.87. The third-order valence-corrected chi connectivity index (χ3v) is 5.36. The van der Waals surface area contributed by atoms with E-state index < -0.39 is 11.4 Å². The average molecular weight is 374 g/mol. The molecule has 0 heterocycles. The number of nitrogens with zero attached hydrogens (tertiary/aromatic N) is 1. The Morgan fingerprint density at radius 3 is 2.22 bits per heavy atom. The van der Waals surface area contributed by atoms with Crippen molar-refractivity contribution in [3.63, 3.8) is 0 Å². The molecule has 0 aromatic heterocycles. The SMILES string of the molecule is CC(C)C(=O)N(C)Cc1ccc(C(=O)NCC2(C(=O)O)CCCCC2)cc1. The number of carbonyl (C=O) groups is 3. The predicted molar refractivity (Wildman–Crippen MR) is 103 cm³/mol. The second-order valence-electron chi connectivity index (χ2n) is 7.87. The minimum Gasteiger partial charge on any atom is -0.481 e. The molecule has 2 N–H and O–H groups in total. The average Bonchev–Trinajstić information content (AvgIpc) is 2.66. The van der Waals surface area contributed by atoms with E-state index in [1.54, 1.807) is 24.1 Å². The first-order chi connectivity index (χ1) is 12.7. The van der Waals surface area contributed by atoms with Gasteiger partial charge in [0.2, 0.25) is 5.91 Å². The molecule has 0 atom stereocenters. The Labute approximate surface area is 160 Å². The van der Waals surface area contributed by atoms with Crippen molar-refractivity contribution in [1.82, 2.24) is 10.2 Å². The number of benzene rings is 1. The molecule has 1 saturated carbocycles. The van der Waals surface area contributed by atoms with Crippen LogP contribution in [0.2, 0.25) is 0 Å². The number of rotatable bonds is 7. The van der Waals surface area contributed by atoms with Gasteiger partial charge < -0.3 is 15.3 Å². The number of nitrogens with one attached hydrogen (secondary N) is 1. The fourth-order valence-corrected chi connectivity index (χ4v) is 3.60. The summed E-state index contributed by atoms with van der Waals surface area (Å²) in [6, 6.07) is 7.08. The zero-order valence-corrected chi connectivity index (χ0v) is 16.5. The number of carbonyl (C=O) groups excluding carboxylic acids is 2. The van der Waals surface area contributed by atoms with Gasteiger partial charge in [0, 0.05) is 31.6 Å². The molecule has 1 aliphatic rings. The Morgan fingerprint density at radius 1 is 1.11 bits per heavy atom. The number of amides is 2. The van der Waals surface area contributed by atoms with Gasteiger partial charge in [-0.1, -0.05) is 45.2 Å². The molecule has 1 aromatic rings. The highest BCUT2D eigenvalue weighted by Gasteiger charge is 2.39. The molecule has 0 spiro atoms. The summed E-state index contributed by atoms with van der Waals surface area (Å²) in [5.41, 5.74) is 0.596. The number of aliphatic carboxylic acids is 1. The summed E-state index contributed by atoms with van der Waals surface area (Å²) < 4.78 is 0. The zero-order chi connectivity index (χ0) is 20.0. The molecule has 6 heteroatoms. The number of carboxylic acid groups (broad SMARTS) is 1. The monoisotopic (exact) mass is 374 g/mol. The number of hydrogen-bond acceptors (Lipinski definition) is 3. The number of carboxylic acids is 1. The van der Waals surface area contributed by atoms with Crippen molar-refractivity contribution in [3.8, 4) is 0 Å². The van der Waals surface area contributed by atoms with E-state index >= 15 is 0 Å². The minimum atomic E-state index is -0.840. The van der Waals surface area contributed by atoms with E-state index in [-0.39, 0.29) is 24.3 Å². The minimum absolute atomic E-state index is 0.0543. The van der Waals surface area contributed by atoms with Crippen molar-refractivity contribution >= 4 is 17.8 Å². The van der Waals surface area contributed by atoms with Crippen molar-refractivity contribution in [3.05, 3.63) is 35.4 Å². The Balaban J connectivity index is 1.95. The van der Waals surface area contributed by atoms with Gasteiger partial charge >= 0.3 is 5.97 Å². The smallest absolute Gasteiger partial charge is 0.311 e. The molecule has 6 nitrogen and oxygen atoms in total. The van der Waals surface area contributed by atoms with Crippen LogP contribution < -0.4 is 5.32 Å². The van der Waals surface area contributed by atoms with Gasteiger partial charge in [-0.15, -0.1) is 0 Å².